The van der Waals surface area contributed by atoms with Gasteiger partial charge in [-0.05, 0) is 49.4 Å². The summed E-state index contributed by atoms with van der Waals surface area (Å²) in [5, 5.41) is 4.29. The molecular formula is C19H20N2O6S. The first-order valence-electron chi connectivity index (χ1n) is 8.54. The minimum atomic E-state index is -3.78. The lowest BCUT2D eigenvalue weighted by Gasteiger charge is -2.19. The van der Waals surface area contributed by atoms with Gasteiger partial charge in [-0.15, -0.1) is 0 Å². The van der Waals surface area contributed by atoms with E-state index in [1.807, 2.05) is 0 Å². The first-order chi connectivity index (χ1) is 13.3. The third-order valence-corrected chi connectivity index (χ3v) is 6.43. The standard InChI is InChI=1S/C19H20N2O6S/c1-12(9-18(22)20-13-3-5-14(26-2)6-4-13)28(24,25)15-7-8-17-16(10-15)21-19(23)11-27-17/h3-8,10,12H,9,11H2,1-2H3,(H,20,22)(H,21,23). The quantitative estimate of drug-likeness (QED) is 0.764. The maximum Gasteiger partial charge on any atom is 0.262 e. The van der Waals surface area contributed by atoms with Gasteiger partial charge in [0.2, 0.25) is 5.91 Å². The van der Waals surface area contributed by atoms with Gasteiger partial charge in [0.1, 0.15) is 11.5 Å². The van der Waals surface area contributed by atoms with E-state index < -0.39 is 21.0 Å². The number of carbonyl (C=O) groups excluding carboxylic acids is 2. The molecule has 9 heteroatoms. The lowest BCUT2D eigenvalue weighted by Crippen LogP contribution is -2.27. The number of fused-ring (bicyclic) bond motifs is 1. The molecule has 0 saturated heterocycles. The lowest BCUT2D eigenvalue weighted by molar-refractivity contribution is -0.118. The zero-order valence-electron chi connectivity index (χ0n) is 15.4. The fraction of sp³-hybridized carbons (Fsp3) is 0.263. The largest absolute Gasteiger partial charge is 0.497 e. The summed E-state index contributed by atoms with van der Waals surface area (Å²) in [6.45, 7) is 1.36. The van der Waals surface area contributed by atoms with Crippen molar-refractivity contribution in [1.82, 2.24) is 0 Å². The molecular weight excluding hydrogens is 384 g/mol. The van der Waals surface area contributed by atoms with Gasteiger partial charge in [0.15, 0.2) is 16.4 Å². The molecule has 8 nitrogen and oxygen atoms in total. The molecule has 148 valence electrons. The van der Waals surface area contributed by atoms with Gasteiger partial charge in [0, 0.05) is 12.1 Å². The number of rotatable bonds is 6. The predicted molar refractivity (Wildman–Crippen MR) is 103 cm³/mol. The number of hydrogen-bond acceptors (Lipinski definition) is 6. The number of benzene rings is 2. The second kappa shape index (κ2) is 7.89. The van der Waals surface area contributed by atoms with Gasteiger partial charge in [-0.2, -0.15) is 0 Å². The van der Waals surface area contributed by atoms with E-state index in [1.54, 1.807) is 31.4 Å². The average Bonchev–Trinajstić information content (AvgIpc) is 2.67. The van der Waals surface area contributed by atoms with E-state index in [2.05, 4.69) is 10.6 Å². The monoisotopic (exact) mass is 404 g/mol. The molecule has 2 aromatic carbocycles. The number of ether oxygens (including phenoxy) is 2. The van der Waals surface area contributed by atoms with Crippen LogP contribution in [0.4, 0.5) is 11.4 Å². The molecule has 28 heavy (non-hydrogen) atoms. The van der Waals surface area contributed by atoms with E-state index in [0.29, 0.717) is 22.9 Å². The molecule has 3 rings (SSSR count). The predicted octanol–water partition coefficient (Wildman–Crippen LogP) is 2.22. The Labute approximate surface area is 162 Å². The number of sulfone groups is 1. The molecule has 0 fully saturated rings. The fourth-order valence-electron chi connectivity index (χ4n) is 2.73. The van der Waals surface area contributed by atoms with Crippen LogP contribution in [0.15, 0.2) is 47.4 Å². The van der Waals surface area contributed by atoms with Gasteiger partial charge in [0.05, 0.1) is 22.9 Å². The average molecular weight is 404 g/mol. The lowest BCUT2D eigenvalue weighted by atomic mass is 10.2. The summed E-state index contributed by atoms with van der Waals surface area (Å²) in [4.78, 5) is 23.7. The number of methoxy groups -OCH3 is 1. The minimum Gasteiger partial charge on any atom is -0.497 e. The number of anilines is 2. The van der Waals surface area contributed by atoms with E-state index in [0.717, 1.165) is 0 Å². The highest BCUT2D eigenvalue weighted by Crippen LogP contribution is 2.31. The van der Waals surface area contributed by atoms with Crippen LogP contribution < -0.4 is 20.1 Å². The molecule has 1 aliphatic rings. The van der Waals surface area contributed by atoms with Gasteiger partial charge in [-0.25, -0.2) is 8.42 Å². The van der Waals surface area contributed by atoms with Crippen molar-refractivity contribution in [3.63, 3.8) is 0 Å². The molecule has 0 spiro atoms. The molecule has 2 N–H and O–H groups in total. The van der Waals surface area contributed by atoms with Crippen LogP contribution in [-0.4, -0.2) is 39.2 Å². The van der Waals surface area contributed by atoms with E-state index >= 15 is 0 Å². The molecule has 0 saturated carbocycles. The fourth-order valence-corrected chi connectivity index (χ4v) is 4.10. The zero-order chi connectivity index (χ0) is 20.3. The third-order valence-electron chi connectivity index (χ3n) is 4.29. The molecule has 1 atom stereocenters. The normalized spacial score (nSPS) is 14.3. The van der Waals surface area contributed by atoms with Crippen molar-refractivity contribution in [1.29, 1.82) is 0 Å². The Morgan fingerprint density at radius 1 is 1.25 bits per heavy atom. The van der Waals surface area contributed by atoms with Crippen molar-refractivity contribution in [2.75, 3.05) is 24.4 Å². The van der Waals surface area contributed by atoms with Crippen molar-refractivity contribution < 1.29 is 27.5 Å². The van der Waals surface area contributed by atoms with E-state index in [-0.39, 0.29) is 23.8 Å². The van der Waals surface area contributed by atoms with E-state index in [9.17, 15) is 18.0 Å². The Hall–Kier alpha value is -3.07. The molecule has 0 aromatic heterocycles. The Kier molecular flexibility index (Phi) is 5.55. The summed E-state index contributed by atoms with van der Waals surface area (Å²) in [6.07, 6.45) is -0.214. The number of carbonyl (C=O) groups is 2. The molecule has 0 bridgehead atoms. The smallest absolute Gasteiger partial charge is 0.262 e. The van der Waals surface area contributed by atoms with Crippen LogP contribution >= 0.6 is 0 Å². The molecule has 2 amide bonds. The van der Waals surface area contributed by atoms with Crippen molar-refractivity contribution >= 4 is 33.0 Å². The van der Waals surface area contributed by atoms with Crippen LogP contribution in [0.2, 0.25) is 0 Å². The van der Waals surface area contributed by atoms with Gasteiger partial charge in [-0.3, -0.25) is 9.59 Å². The Balaban J connectivity index is 1.70. The van der Waals surface area contributed by atoms with Crippen molar-refractivity contribution in [2.24, 2.45) is 0 Å². The summed E-state index contributed by atoms with van der Waals surface area (Å²) in [7, 11) is -2.24. The van der Waals surface area contributed by atoms with E-state index in [4.69, 9.17) is 9.47 Å². The topological polar surface area (TPSA) is 111 Å². The highest BCUT2D eigenvalue weighted by atomic mass is 32.2. The first-order valence-corrected chi connectivity index (χ1v) is 10.1. The SMILES string of the molecule is COc1ccc(NC(=O)CC(C)S(=O)(=O)c2ccc3c(c2)NC(=O)CO3)cc1. The van der Waals surface area contributed by atoms with Gasteiger partial charge < -0.3 is 20.1 Å². The Morgan fingerprint density at radius 2 is 1.96 bits per heavy atom. The maximum absolute atomic E-state index is 12.8. The minimum absolute atomic E-state index is 0.0156. The summed E-state index contributed by atoms with van der Waals surface area (Å²) in [6, 6.07) is 11.0. The Bertz CT molecular complexity index is 1000. The van der Waals surface area contributed by atoms with Crippen molar-refractivity contribution in [3.8, 4) is 11.5 Å². The maximum atomic E-state index is 12.8. The van der Waals surface area contributed by atoms with E-state index in [1.165, 1.54) is 25.1 Å². The molecule has 1 heterocycles. The van der Waals surface area contributed by atoms with Gasteiger partial charge >= 0.3 is 0 Å². The molecule has 1 unspecified atom stereocenters. The summed E-state index contributed by atoms with van der Waals surface area (Å²) in [5.74, 6) is 0.283. The zero-order valence-corrected chi connectivity index (χ0v) is 16.2. The highest BCUT2D eigenvalue weighted by Gasteiger charge is 2.27. The summed E-state index contributed by atoms with van der Waals surface area (Å²) in [5.41, 5.74) is 0.844. The van der Waals surface area contributed by atoms with Crippen molar-refractivity contribution in [2.45, 2.75) is 23.5 Å². The van der Waals surface area contributed by atoms with Gasteiger partial charge in [-0.1, -0.05) is 0 Å². The van der Waals surface area contributed by atoms with Crippen LogP contribution in [-0.2, 0) is 19.4 Å². The second-order valence-electron chi connectivity index (χ2n) is 6.33. The first kappa shape index (κ1) is 19.7. The summed E-state index contributed by atoms with van der Waals surface area (Å²) < 4.78 is 35.9. The van der Waals surface area contributed by atoms with Crippen molar-refractivity contribution in [3.05, 3.63) is 42.5 Å². The number of nitrogens with one attached hydrogen (secondary N) is 2. The number of amides is 2. The van der Waals surface area contributed by atoms with Crippen LogP contribution in [0, 0.1) is 0 Å². The molecule has 2 aromatic rings. The Morgan fingerprint density at radius 3 is 2.64 bits per heavy atom. The second-order valence-corrected chi connectivity index (χ2v) is 8.70. The molecule has 1 aliphatic heterocycles. The third kappa shape index (κ3) is 4.25. The van der Waals surface area contributed by atoms with Gasteiger partial charge in [0.25, 0.3) is 5.91 Å². The van der Waals surface area contributed by atoms with Crippen LogP contribution in [0.3, 0.4) is 0 Å². The van der Waals surface area contributed by atoms with Crippen LogP contribution in [0.5, 0.6) is 11.5 Å². The van der Waals surface area contributed by atoms with Crippen LogP contribution in [0.25, 0.3) is 0 Å². The molecule has 0 radical (unpaired) electrons. The highest BCUT2D eigenvalue weighted by molar-refractivity contribution is 7.92. The van der Waals surface area contributed by atoms with Crippen LogP contribution in [0.1, 0.15) is 13.3 Å². The number of hydrogen-bond donors (Lipinski definition) is 2. The summed E-state index contributed by atoms with van der Waals surface area (Å²) >= 11 is 0. The molecule has 0 aliphatic carbocycles.